The van der Waals surface area contributed by atoms with Crippen LogP contribution in [0.5, 0.6) is 0 Å². The van der Waals surface area contributed by atoms with Crippen molar-refractivity contribution in [2.75, 3.05) is 0 Å². The predicted octanol–water partition coefficient (Wildman–Crippen LogP) is 6.33. The summed E-state index contributed by atoms with van der Waals surface area (Å²) in [5.74, 6) is 0.674. The Morgan fingerprint density at radius 2 is 1.73 bits per heavy atom. The van der Waals surface area contributed by atoms with Crippen molar-refractivity contribution >= 4 is 33.0 Å². The number of nitrogens with zero attached hydrogens (tertiary/aromatic N) is 4. The van der Waals surface area contributed by atoms with Gasteiger partial charge >= 0.3 is 0 Å². The largest absolute Gasteiger partial charge is 0.317 e. The zero-order chi connectivity index (χ0) is 23.9. The maximum atomic E-state index is 13.3. The van der Waals surface area contributed by atoms with E-state index in [0.717, 1.165) is 27.8 Å². The van der Waals surface area contributed by atoms with Crippen LogP contribution >= 0.6 is 15.9 Å². The highest BCUT2D eigenvalue weighted by Gasteiger charge is 2.15. The van der Waals surface area contributed by atoms with Crippen LogP contribution in [0.25, 0.3) is 16.6 Å². The molecule has 0 saturated carbocycles. The molecule has 170 valence electrons. The fourth-order valence-corrected chi connectivity index (χ4v) is 4.97. The molecule has 33 heavy (non-hydrogen) atoms. The number of benzene rings is 2. The molecule has 0 radical (unpaired) electrons. The fraction of sp³-hybridized carbons (Fsp3) is 0.296. The standard InChI is InChI=1S/C27H29BrN4O/c1-7-8-25-30-24-10-9-22(28)14-23(24)27(33)32(25)29-15-21-13-19(5)31(20(21)6)26-17(3)11-16(2)12-18(26)4/h9-15H,7-8H2,1-6H3. The minimum atomic E-state index is -0.153. The van der Waals surface area contributed by atoms with Gasteiger partial charge in [-0.1, -0.05) is 40.5 Å². The summed E-state index contributed by atoms with van der Waals surface area (Å²) in [6, 6.07) is 12.1. The maximum Gasteiger partial charge on any atom is 0.282 e. The maximum absolute atomic E-state index is 13.3. The molecule has 2 heterocycles. The lowest BCUT2D eigenvalue weighted by atomic mass is 10.0. The minimum Gasteiger partial charge on any atom is -0.317 e. The Hall–Kier alpha value is -2.99. The van der Waals surface area contributed by atoms with E-state index in [1.807, 2.05) is 12.1 Å². The Labute approximate surface area is 202 Å². The first-order valence-electron chi connectivity index (χ1n) is 11.2. The highest BCUT2D eigenvalue weighted by Crippen LogP contribution is 2.26. The van der Waals surface area contributed by atoms with Crippen molar-refractivity contribution in [3.63, 3.8) is 0 Å². The van der Waals surface area contributed by atoms with Crippen molar-refractivity contribution in [3.05, 3.63) is 90.7 Å². The summed E-state index contributed by atoms with van der Waals surface area (Å²) in [6.07, 6.45) is 3.34. The van der Waals surface area contributed by atoms with Crippen molar-refractivity contribution < 1.29 is 0 Å². The Balaban J connectivity index is 1.84. The van der Waals surface area contributed by atoms with Crippen LogP contribution in [0.15, 0.2) is 50.8 Å². The van der Waals surface area contributed by atoms with E-state index in [0.29, 0.717) is 23.1 Å². The molecular weight excluding hydrogens is 476 g/mol. The first kappa shape index (κ1) is 23.2. The summed E-state index contributed by atoms with van der Waals surface area (Å²) in [6.45, 7) is 12.7. The molecule has 0 spiro atoms. The van der Waals surface area contributed by atoms with Crippen molar-refractivity contribution in [2.24, 2.45) is 5.10 Å². The molecule has 0 unspecified atom stereocenters. The third-order valence-electron chi connectivity index (χ3n) is 5.99. The molecule has 0 aliphatic heterocycles. The van der Waals surface area contributed by atoms with Crippen LogP contribution in [-0.2, 0) is 6.42 Å². The van der Waals surface area contributed by atoms with E-state index in [4.69, 9.17) is 4.98 Å². The second-order valence-electron chi connectivity index (χ2n) is 8.71. The summed E-state index contributed by atoms with van der Waals surface area (Å²) in [5.41, 5.74) is 8.69. The van der Waals surface area contributed by atoms with Gasteiger partial charge in [-0.15, -0.1) is 0 Å². The van der Waals surface area contributed by atoms with Crippen LogP contribution in [0.3, 0.4) is 0 Å². The highest BCUT2D eigenvalue weighted by atomic mass is 79.9. The van der Waals surface area contributed by atoms with Crippen molar-refractivity contribution in [1.29, 1.82) is 0 Å². The van der Waals surface area contributed by atoms with E-state index in [1.54, 1.807) is 12.3 Å². The molecule has 6 heteroatoms. The summed E-state index contributed by atoms with van der Waals surface area (Å²) < 4.78 is 4.57. The van der Waals surface area contributed by atoms with E-state index < -0.39 is 0 Å². The molecule has 4 aromatic rings. The molecule has 0 aliphatic rings. The molecular formula is C27H29BrN4O. The average molecular weight is 505 g/mol. The summed E-state index contributed by atoms with van der Waals surface area (Å²) in [7, 11) is 0. The number of hydrogen-bond donors (Lipinski definition) is 0. The zero-order valence-electron chi connectivity index (χ0n) is 20.0. The van der Waals surface area contributed by atoms with Crippen LogP contribution in [0.1, 0.15) is 52.8 Å². The molecule has 2 aromatic carbocycles. The van der Waals surface area contributed by atoms with Crippen LogP contribution in [0, 0.1) is 34.6 Å². The molecule has 4 rings (SSSR count). The number of halogens is 1. The molecule has 0 bridgehead atoms. The van der Waals surface area contributed by atoms with Gasteiger partial charge in [0.2, 0.25) is 0 Å². The Morgan fingerprint density at radius 3 is 2.39 bits per heavy atom. The molecule has 0 saturated heterocycles. The van der Waals surface area contributed by atoms with Gasteiger partial charge in [-0.05, 0) is 76.4 Å². The third-order valence-corrected chi connectivity index (χ3v) is 6.48. The average Bonchev–Trinajstić information content (AvgIpc) is 3.02. The van der Waals surface area contributed by atoms with Gasteiger partial charge in [0.25, 0.3) is 5.56 Å². The van der Waals surface area contributed by atoms with Crippen LogP contribution in [-0.4, -0.2) is 20.4 Å². The monoisotopic (exact) mass is 504 g/mol. The van der Waals surface area contributed by atoms with Gasteiger partial charge in [0.05, 0.1) is 22.8 Å². The van der Waals surface area contributed by atoms with Gasteiger partial charge < -0.3 is 4.57 Å². The number of aryl methyl sites for hydroxylation is 5. The number of hydrogen-bond acceptors (Lipinski definition) is 3. The zero-order valence-corrected chi connectivity index (χ0v) is 21.6. The lowest BCUT2D eigenvalue weighted by Gasteiger charge is -2.16. The molecule has 0 atom stereocenters. The predicted molar refractivity (Wildman–Crippen MR) is 140 cm³/mol. The van der Waals surface area contributed by atoms with Gasteiger partial charge in [-0.3, -0.25) is 4.79 Å². The fourth-order valence-electron chi connectivity index (χ4n) is 4.61. The molecule has 0 fully saturated rings. The molecule has 0 aliphatic carbocycles. The van der Waals surface area contributed by atoms with Gasteiger partial charge in [0, 0.05) is 27.8 Å². The van der Waals surface area contributed by atoms with Crippen molar-refractivity contribution in [2.45, 2.75) is 54.4 Å². The van der Waals surface area contributed by atoms with Gasteiger partial charge in [-0.2, -0.15) is 9.78 Å². The van der Waals surface area contributed by atoms with Crippen LogP contribution in [0.4, 0.5) is 0 Å². The normalized spacial score (nSPS) is 11.7. The first-order valence-corrected chi connectivity index (χ1v) is 12.0. The van der Waals surface area contributed by atoms with Crippen molar-refractivity contribution in [1.82, 2.24) is 14.2 Å². The first-order chi connectivity index (χ1) is 15.7. The number of aromatic nitrogens is 3. The summed E-state index contributed by atoms with van der Waals surface area (Å²) in [5, 5.41) is 5.18. The van der Waals surface area contributed by atoms with E-state index in [1.165, 1.54) is 27.1 Å². The Bertz CT molecular complexity index is 1440. The number of rotatable bonds is 5. The quantitative estimate of drug-likeness (QED) is 0.298. The van der Waals surface area contributed by atoms with Gasteiger partial charge in [-0.25, -0.2) is 4.98 Å². The number of fused-ring (bicyclic) bond motifs is 1. The van der Waals surface area contributed by atoms with E-state index in [9.17, 15) is 4.79 Å². The van der Waals surface area contributed by atoms with E-state index in [-0.39, 0.29) is 5.56 Å². The smallest absolute Gasteiger partial charge is 0.282 e. The highest BCUT2D eigenvalue weighted by molar-refractivity contribution is 9.10. The lowest BCUT2D eigenvalue weighted by molar-refractivity contribution is 0.703. The topological polar surface area (TPSA) is 52.2 Å². The molecule has 2 aromatic heterocycles. The SMILES string of the molecule is CCCc1nc2ccc(Br)cc2c(=O)n1N=Cc1cc(C)n(-c2c(C)cc(C)cc2C)c1C. The van der Waals surface area contributed by atoms with E-state index >= 15 is 0 Å². The summed E-state index contributed by atoms with van der Waals surface area (Å²) in [4.78, 5) is 18.0. The molecule has 0 amide bonds. The summed E-state index contributed by atoms with van der Waals surface area (Å²) >= 11 is 3.46. The van der Waals surface area contributed by atoms with Crippen molar-refractivity contribution in [3.8, 4) is 5.69 Å². The van der Waals surface area contributed by atoms with E-state index in [2.05, 4.69) is 85.3 Å². The Kier molecular flexibility index (Phi) is 6.39. The van der Waals surface area contributed by atoms with Gasteiger partial charge in [0.15, 0.2) is 0 Å². The second kappa shape index (κ2) is 9.10. The Morgan fingerprint density at radius 1 is 1.03 bits per heavy atom. The lowest BCUT2D eigenvalue weighted by Crippen LogP contribution is -2.22. The third kappa shape index (κ3) is 4.32. The minimum absolute atomic E-state index is 0.153. The van der Waals surface area contributed by atoms with Gasteiger partial charge in [0.1, 0.15) is 5.82 Å². The molecule has 0 N–H and O–H groups in total. The second-order valence-corrected chi connectivity index (χ2v) is 9.63. The van der Waals surface area contributed by atoms with Crippen LogP contribution < -0.4 is 5.56 Å². The molecule has 5 nitrogen and oxygen atoms in total. The van der Waals surface area contributed by atoms with Crippen LogP contribution in [0.2, 0.25) is 0 Å².